The van der Waals surface area contributed by atoms with Gasteiger partial charge in [0.15, 0.2) is 0 Å². The molecule has 0 aromatic heterocycles. The lowest BCUT2D eigenvalue weighted by molar-refractivity contribution is 0.587. The van der Waals surface area contributed by atoms with E-state index in [1.54, 1.807) is 7.05 Å². The highest BCUT2D eigenvalue weighted by molar-refractivity contribution is 5.41. The molecule has 0 amide bonds. The van der Waals surface area contributed by atoms with Crippen molar-refractivity contribution in [2.24, 2.45) is 9.98 Å². The number of hydrogen-bond acceptors (Lipinski definition) is 2. The van der Waals surface area contributed by atoms with Crippen LogP contribution in [0.2, 0.25) is 0 Å². The van der Waals surface area contributed by atoms with Crippen molar-refractivity contribution in [2.45, 2.75) is 26.3 Å². The van der Waals surface area contributed by atoms with Gasteiger partial charge in [0.2, 0.25) is 0 Å². The van der Waals surface area contributed by atoms with Gasteiger partial charge in [-0.05, 0) is 20.8 Å². The molecule has 0 aromatic carbocycles. The normalized spacial score (nSPS) is 10.0. The lowest BCUT2D eigenvalue weighted by Crippen LogP contribution is -2.07. The highest BCUT2D eigenvalue weighted by Gasteiger charge is 2.03. The van der Waals surface area contributed by atoms with Gasteiger partial charge in [-0.25, -0.2) is 9.98 Å². The third kappa shape index (κ3) is 5.38. The van der Waals surface area contributed by atoms with E-state index in [0.717, 1.165) is 0 Å². The van der Waals surface area contributed by atoms with Crippen LogP contribution in [0.15, 0.2) is 9.98 Å². The zero-order valence-electron chi connectivity index (χ0n) is 5.89. The first-order valence-electron chi connectivity index (χ1n) is 2.62. The average Bonchev–Trinajstić information content (AvgIpc) is 1.59. The molecule has 0 spiro atoms. The molecule has 8 heavy (non-hydrogen) atoms. The van der Waals surface area contributed by atoms with Crippen LogP contribution in [0.1, 0.15) is 20.8 Å². The zero-order chi connectivity index (χ0) is 6.62. The van der Waals surface area contributed by atoms with Crippen LogP contribution in [-0.4, -0.2) is 18.6 Å². The van der Waals surface area contributed by atoms with E-state index in [9.17, 15) is 0 Å². The first-order valence-corrected chi connectivity index (χ1v) is 2.62. The second-order valence-corrected chi connectivity index (χ2v) is 2.61. The van der Waals surface area contributed by atoms with E-state index in [0.29, 0.717) is 0 Å². The van der Waals surface area contributed by atoms with E-state index in [1.807, 2.05) is 20.8 Å². The van der Waals surface area contributed by atoms with Gasteiger partial charge in [0.05, 0.1) is 11.5 Å². The fourth-order valence-corrected chi connectivity index (χ4v) is 0.200. The number of rotatable bonds is 0. The maximum Gasteiger partial charge on any atom is 0.0895 e. The molecule has 0 aromatic rings. The van der Waals surface area contributed by atoms with Gasteiger partial charge in [0, 0.05) is 7.05 Å². The van der Waals surface area contributed by atoms with Gasteiger partial charge in [-0.1, -0.05) is 0 Å². The third-order valence-corrected chi connectivity index (χ3v) is 0.485. The number of hydrogen-bond donors (Lipinski definition) is 0. The molecule has 0 aliphatic rings. The van der Waals surface area contributed by atoms with E-state index in [2.05, 4.69) is 16.0 Å². The summed E-state index contributed by atoms with van der Waals surface area (Å²) in [5.41, 5.74) is -0.0283. The molecule has 2 heteroatoms. The van der Waals surface area contributed by atoms with Crippen LogP contribution in [0.5, 0.6) is 0 Å². The van der Waals surface area contributed by atoms with Gasteiger partial charge >= 0.3 is 0 Å². The molecule has 0 N–H and O–H groups in total. The van der Waals surface area contributed by atoms with Crippen molar-refractivity contribution >= 4 is 6.01 Å². The van der Waals surface area contributed by atoms with Gasteiger partial charge < -0.3 is 0 Å². The van der Waals surface area contributed by atoms with Gasteiger partial charge in [-0.2, -0.15) is 0 Å². The summed E-state index contributed by atoms with van der Waals surface area (Å²) in [5.74, 6) is 0. The highest BCUT2D eigenvalue weighted by atomic mass is 14.8. The summed E-state index contributed by atoms with van der Waals surface area (Å²) in [6, 6.07) is 2.54. The van der Waals surface area contributed by atoms with E-state index < -0.39 is 0 Å². The molecule has 0 saturated heterocycles. The maximum absolute atomic E-state index is 3.96. The molecule has 0 bridgehead atoms. The molecule has 0 saturated carbocycles. The van der Waals surface area contributed by atoms with Crippen molar-refractivity contribution in [2.75, 3.05) is 7.05 Å². The Morgan fingerprint density at radius 3 is 1.88 bits per heavy atom. The lowest BCUT2D eigenvalue weighted by atomic mass is 10.1. The largest absolute Gasteiger partial charge is 0.229 e. The van der Waals surface area contributed by atoms with Crippen molar-refractivity contribution in [3.05, 3.63) is 0 Å². The minimum absolute atomic E-state index is 0.0283. The van der Waals surface area contributed by atoms with E-state index >= 15 is 0 Å². The van der Waals surface area contributed by atoms with Crippen LogP contribution in [0, 0.1) is 0 Å². The molecule has 0 unspecified atom stereocenters. The average molecular weight is 112 g/mol. The molecule has 0 aliphatic heterocycles. The van der Waals surface area contributed by atoms with Crippen LogP contribution in [0.3, 0.4) is 0 Å². The Morgan fingerprint density at radius 1 is 1.25 bits per heavy atom. The second kappa shape index (κ2) is 2.63. The smallest absolute Gasteiger partial charge is 0.0895 e. The Morgan fingerprint density at radius 2 is 1.75 bits per heavy atom. The summed E-state index contributed by atoms with van der Waals surface area (Å²) in [5, 5.41) is 0. The lowest BCUT2D eigenvalue weighted by Gasteiger charge is -2.06. The Labute approximate surface area is 50.4 Å². The van der Waals surface area contributed by atoms with E-state index in [4.69, 9.17) is 0 Å². The molecule has 2 nitrogen and oxygen atoms in total. The van der Waals surface area contributed by atoms with Crippen molar-refractivity contribution < 1.29 is 0 Å². The second-order valence-electron chi connectivity index (χ2n) is 2.61. The van der Waals surface area contributed by atoms with E-state index in [-0.39, 0.29) is 5.54 Å². The summed E-state index contributed by atoms with van der Waals surface area (Å²) >= 11 is 0. The summed E-state index contributed by atoms with van der Waals surface area (Å²) < 4.78 is 0. The molecule has 0 heterocycles. The number of aliphatic imine (C=N–C) groups is 2. The standard InChI is InChI=1S/C6H12N2/c1-6(2,3)8-5-7-4/h1-4H3. The Balaban J connectivity index is 3.89. The summed E-state index contributed by atoms with van der Waals surface area (Å²) in [4.78, 5) is 7.56. The molecular weight excluding hydrogens is 100 g/mol. The van der Waals surface area contributed by atoms with Crippen molar-refractivity contribution in [1.82, 2.24) is 0 Å². The molecule has 0 radical (unpaired) electrons. The molecule has 0 rings (SSSR count). The van der Waals surface area contributed by atoms with Gasteiger partial charge in [-0.15, -0.1) is 0 Å². The zero-order valence-corrected chi connectivity index (χ0v) is 5.89. The molecular formula is C6H12N2. The first-order chi connectivity index (χ1) is 3.56. The van der Waals surface area contributed by atoms with Crippen molar-refractivity contribution in [1.29, 1.82) is 0 Å². The van der Waals surface area contributed by atoms with Crippen LogP contribution in [-0.2, 0) is 0 Å². The molecule has 46 valence electrons. The number of nitrogens with zero attached hydrogens (tertiary/aromatic N) is 2. The predicted molar refractivity (Wildman–Crippen MR) is 35.5 cm³/mol. The van der Waals surface area contributed by atoms with Crippen molar-refractivity contribution in [3.63, 3.8) is 0 Å². The van der Waals surface area contributed by atoms with Crippen LogP contribution >= 0.6 is 0 Å². The van der Waals surface area contributed by atoms with Gasteiger partial charge in [0.1, 0.15) is 0 Å². The minimum atomic E-state index is -0.0283. The monoisotopic (exact) mass is 112 g/mol. The Bertz CT molecular complexity index is 113. The fourth-order valence-electron chi connectivity index (χ4n) is 0.200. The summed E-state index contributed by atoms with van der Waals surface area (Å²) in [6.45, 7) is 6.02. The molecule has 0 fully saturated rings. The summed E-state index contributed by atoms with van der Waals surface area (Å²) in [7, 11) is 1.66. The van der Waals surface area contributed by atoms with Gasteiger partial charge in [0.25, 0.3) is 0 Å². The van der Waals surface area contributed by atoms with Crippen LogP contribution in [0.4, 0.5) is 0 Å². The third-order valence-electron chi connectivity index (χ3n) is 0.485. The van der Waals surface area contributed by atoms with E-state index in [1.165, 1.54) is 0 Å². The topological polar surface area (TPSA) is 24.7 Å². The Kier molecular flexibility index (Phi) is 2.43. The SMILES string of the molecule is CN=C=NC(C)(C)C. The summed E-state index contributed by atoms with van der Waals surface area (Å²) in [6.07, 6.45) is 0. The molecule has 0 atom stereocenters. The van der Waals surface area contributed by atoms with Crippen LogP contribution < -0.4 is 0 Å². The van der Waals surface area contributed by atoms with Crippen molar-refractivity contribution in [3.8, 4) is 0 Å². The minimum Gasteiger partial charge on any atom is -0.229 e. The first kappa shape index (κ1) is 7.38. The maximum atomic E-state index is 3.96. The highest BCUT2D eigenvalue weighted by Crippen LogP contribution is 2.03. The predicted octanol–water partition coefficient (Wildman–Crippen LogP) is 1.59. The van der Waals surface area contributed by atoms with Gasteiger partial charge in [-0.3, -0.25) is 0 Å². The molecule has 0 aliphatic carbocycles. The quantitative estimate of drug-likeness (QED) is 0.425. The Hall–Kier alpha value is -0.620. The fraction of sp³-hybridized carbons (Fsp3) is 0.833. The van der Waals surface area contributed by atoms with Crippen LogP contribution in [0.25, 0.3) is 0 Å².